The number of urea groups is 1. The van der Waals surface area contributed by atoms with Crippen LogP contribution in [-0.2, 0) is 0 Å². The lowest BCUT2D eigenvalue weighted by Gasteiger charge is -2.33. The highest BCUT2D eigenvalue weighted by molar-refractivity contribution is 6.30. The SMILES string of the molecule is CC(C)C(C)(CN)NC(=O)Nc1ccc(Cl)cc1. The number of benzene rings is 1. The highest BCUT2D eigenvalue weighted by Gasteiger charge is 2.28. The van der Waals surface area contributed by atoms with E-state index in [0.29, 0.717) is 17.3 Å². The molecule has 0 saturated heterocycles. The summed E-state index contributed by atoms with van der Waals surface area (Å²) < 4.78 is 0. The Morgan fingerprint density at radius 1 is 1.39 bits per heavy atom. The largest absolute Gasteiger partial charge is 0.331 e. The molecule has 0 heterocycles. The molecule has 2 amide bonds. The molecular weight excluding hydrogens is 250 g/mol. The van der Waals surface area contributed by atoms with Gasteiger partial charge in [-0.1, -0.05) is 25.4 Å². The van der Waals surface area contributed by atoms with Crippen LogP contribution < -0.4 is 16.4 Å². The first kappa shape index (κ1) is 14.8. The van der Waals surface area contributed by atoms with Crippen LogP contribution in [-0.4, -0.2) is 18.1 Å². The molecule has 0 spiro atoms. The summed E-state index contributed by atoms with van der Waals surface area (Å²) in [6.07, 6.45) is 0. The van der Waals surface area contributed by atoms with Crippen LogP contribution in [0.1, 0.15) is 20.8 Å². The second kappa shape index (κ2) is 6.07. The normalized spacial score (nSPS) is 14.1. The van der Waals surface area contributed by atoms with Crippen LogP contribution in [0.2, 0.25) is 5.02 Å². The van der Waals surface area contributed by atoms with Crippen LogP contribution in [0, 0.1) is 5.92 Å². The molecule has 5 heteroatoms. The highest BCUT2D eigenvalue weighted by atomic mass is 35.5. The van der Waals surface area contributed by atoms with Gasteiger partial charge in [0.05, 0.1) is 5.54 Å². The van der Waals surface area contributed by atoms with E-state index in [1.54, 1.807) is 24.3 Å². The quantitative estimate of drug-likeness (QED) is 0.787. The molecule has 100 valence electrons. The van der Waals surface area contributed by atoms with Gasteiger partial charge in [0.2, 0.25) is 0 Å². The molecule has 4 N–H and O–H groups in total. The first-order valence-electron chi connectivity index (χ1n) is 5.92. The first-order chi connectivity index (χ1) is 8.37. The van der Waals surface area contributed by atoms with Gasteiger partial charge >= 0.3 is 6.03 Å². The fourth-order valence-electron chi connectivity index (χ4n) is 1.39. The van der Waals surface area contributed by atoms with Crippen molar-refractivity contribution in [1.29, 1.82) is 0 Å². The molecule has 0 aliphatic rings. The molecule has 1 atom stereocenters. The fourth-order valence-corrected chi connectivity index (χ4v) is 1.51. The minimum Gasteiger partial charge on any atom is -0.331 e. The van der Waals surface area contributed by atoms with Crippen molar-refractivity contribution in [2.24, 2.45) is 11.7 Å². The van der Waals surface area contributed by atoms with E-state index in [0.717, 1.165) is 0 Å². The molecule has 1 aromatic rings. The van der Waals surface area contributed by atoms with Crippen molar-refractivity contribution >= 4 is 23.3 Å². The third-order valence-corrected chi connectivity index (χ3v) is 3.45. The van der Waals surface area contributed by atoms with Gasteiger partial charge < -0.3 is 16.4 Å². The zero-order chi connectivity index (χ0) is 13.8. The van der Waals surface area contributed by atoms with Crippen molar-refractivity contribution in [3.8, 4) is 0 Å². The predicted molar refractivity (Wildman–Crippen MR) is 75.9 cm³/mol. The standard InChI is InChI=1S/C13H20ClN3O/c1-9(2)13(3,8-15)17-12(18)16-11-6-4-10(14)5-7-11/h4-7,9H,8,15H2,1-3H3,(H2,16,17,18). The number of carbonyl (C=O) groups is 1. The summed E-state index contributed by atoms with van der Waals surface area (Å²) in [6.45, 7) is 6.36. The van der Waals surface area contributed by atoms with Crippen molar-refractivity contribution in [3.63, 3.8) is 0 Å². The van der Waals surface area contributed by atoms with Crippen LogP contribution in [0.3, 0.4) is 0 Å². The van der Waals surface area contributed by atoms with E-state index in [4.69, 9.17) is 17.3 Å². The van der Waals surface area contributed by atoms with Crippen LogP contribution in [0.5, 0.6) is 0 Å². The molecule has 0 bridgehead atoms. The second-order valence-corrected chi connectivity index (χ2v) is 5.30. The predicted octanol–water partition coefficient (Wildman–Crippen LogP) is 2.83. The minimum atomic E-state index is -0.420. The van der Waals surface area contributed by atoms with Crippen molar-refractivity contribution in [2.75, 3.05) is 11.9 Å². The molecule has 1 rings (SSSR count). The summed E-state index contributed by atoms with van der Waals surface area (Å²) in [5.41, 5.74) is 5.98. The Hall–Kier alpha value is -1.26. The third-order valence-electron chi connectivity index (χ3n) is 3.20. The number of hydrogen-bond donors (Lipinski definition) is 3. The molecule has 0 aliphatic carbocycles. The number of hydrogen-bond acceptors (Lipinski definition) is 2. The Bertz CT molecular complexity index is 405. The molecule has 0 fully saturated rings. The zero-order valence-corrected chi connectivity index (χ0v) is 11.7. The van der Waals surface area contributed by atoms with Crippen molar-refractivity contribution in [2.45, 2.75) is 26.3 Å². The van der Waals surface area contributed by atoms with Gasteiger partial charge in [0.1, 0.15) is 0 Å². The topological polar surface area (TPSA) is 67.1 Å². The maximum absolute atomic E-state index is 11.9. The van der Waals surface area contributed by atoms with Crippen molar-refractivity contribution in [1.82, 2.24) is 5.32 Å². The number of halogens is 1. The third kappa shape index (κ3) is 3.89. The Labute approximate surface area is 113 Å². The van der Waals surface area contributed by atoms with Crippen LogP contribution >= 0.6 is 11.6 Å². The van der Waals surface area contributed by atoms with Crippen LogP contribution in [0.4, 0.5) is 10.5 Å². The van der Waals surface area contributed by atoms with Gasteiger partial charge in [0.15, 0.2) is 0 Å². The van der Waals surface area contributed by atoms with Crippen molar-refractivity contribution in [3.05, 3.63) is 29.3 Å². The van der Waals surface area contributed by atoms with Gasteiger partial charge in [-0.25, -0.2) is 4.79 Å². The van der Waals surface area contributed by atoms with Gasteiger partial charge in [-0.15, -0.1) is 0 Å². The van der Waals surface area contributed by atoms with E-state index in [1.165, 1.54) is 0 Å². The monoisotopic (exact) mass is 269 g/mol. The van der Waals surface area contributed by atoms with Crippen LogP contribution in [0.15, 0.2) is 24.3 Å². The lowest BCUT2D eigenvalue weighted by atomic mass is 9.89. The Kier molecular flexibility index (Phi) is 4.99. The van der Waals surface area contributed by atoms with E-state index in [-0.39, 0.29) is 11.9 Å². The molecule has 1 aromatic carbocycles. The summed E-state index contributed by atoms with van der Waals surface area (Å²) in [6, 6.07) is 6.68. The second-order valence-electron chi connectivity index (χ2n) is 4.86. The van der Waals surface area contributed by atoms with Gasteiger partial charge in [0.25, 0.3) is 0 Å². The van der Waals surface area contributed by atoms with E-state index in [1.807, 2.05) is 20.8 Å². The molecule has 0 saturated carbocycles. The smallest absolute Gasteiger partial charge is 0.319 e. The van der Waals surface area contributed by atoms with E-state index in [9.17, 15) is 4.79 Å². The highest BCUT2D eigenvalue weighted by Crippen LogP contribution is 2.16. The van der Waals surface area contributed by atoms with E-state index in [2.05, 4.69) is 10.6 Å². The fraction of sp³-hybridized carbons (Fsp3) is 0.462. The molecule has 0 radical (unpaired) electrons. The molecule has 4 nitrogen and oxygen atoms in total. The Morgan fingerprint density at radius 2 is 1.94 bits per heavy atom. The number of amides is 2. The number of anilines is 1. The van der Waals surface area contributed by atoms with Gasteiger partial charge in [-0.3, -0.25) is 0 Å². The lowest BCUT2D eigenvalue weighted by Crippen LogP contribution is -2.56. The number of carbonyl (C=O) groups excluding carboxylic acids is 1. The number of nitrogens with two attached hydrogens (primary N) is 1. The molecule has 1 unspecified atom stereocenters. The summed E-state index contributed by atoms with van der Waals surface area (Å²) in [5.74, 6) is 0.249. The Morgan fingerprint density at radius 3 is 2.39 bits per heavy atom. The summed E-state index contributed by atoms with van der Waals surface area (Å²) in [5, 5.41) is 6.28. The summed E-state index contributed by atoms with van der Waals surface area (Å²) in [7, 11) is 0. The van der Waals surface area contributed by atoms with Crippen molar-refractivity contribution < 1.29 is 4.79 Å². The maximum atomic E-state index is 11.9. The summed E-state index contributed by atoms with van der Waals surface area (Å²) >= 11 is 5.77. The Balaban J connectivity index is 2.64. The average Bonchev–Trinajstić information content (AvgIpc) is 2.31. The molecule has 0 aromatic heterocycles. The maximum Gasteiger partial charge on any atom is 0.319 e. The average molecular weight is 270 g/mol. The lowest BCUT2D eigenvalue weighted by molar-refractivity contribution is 0.225. The summed E-state index contributed by atoms with van der Waals surface area (Å²) in [4.78, 5) is 11.9. The van der Waals surface area contributed by atoms with Gasteiger partial charge in [-0.05, 0) is 37.1 Å². The zero-order valence-electron chi connectivity index (χ0n) is 11.0. The van der Waals surface area contributed by atoms with E-state index >= 15 is 0 Å². The number of rotatable bonds is 4. The van der Waals surface area contributed by atoms with Gasteiger partial charge in [0, 0.05) is 17.3 Å². The molecule has 18 heavy (non-hydrogen) atoms. The minimum absolute atomic E-state index is 0.249. The first-order valence-corrected chi connectivity index (χ1v) is 6.30. The van der Waals surface area contributed by atoms with Gasteiger partial charge in [-0.2, -0.15) is 0 Å². The number of nitrogens with one attached hydrogen (secondary N) is 2. The molecular formula is C13H20ClN3O. The van der Waals surface area contributed by atoms with Crippen LogP contribution in [0.25, 0.3) is 0 Å². The van der Waals surface area contributed by atoms with E-state index < -0.39 is 5.54 Å². The molecule has 0 aliphatic heterocycles.